The van der Waals surface area contributed by atoms with Crippen LogP contribution in [0.1, 0.15) is 44.7 Å². The summed E-state index contributed by atoms with van der Waals surface area (Å²) in [6.07, 6.45) is 7.67. The van der Waals surface area contributed by atoms with Gasteiger partial charge in [0, 0.05) is 23.8 Å². The monoisotopic (exact) mass is 359 g/mol. The largest absolute Gasteiger partial charge is 0.508 e. The Morgan fingerprint density at radius 2 is 1.74 bits per heavy atom. The van der Waals surface area contributed by atoms with Crippen LogP contribution >= 0.6 is 0 Å². The maximum atomic E-state index is 10.3. The molecule has 2 aromatic carbocycles. The number of hydrogen-bond donors (Lipinski definition) is 1. The van der Waals surface area contributed by atoms with Crippen molar-refractivity contribution < 1.29 is 5.11 Å². The summed E-state index contributed by atoms with van der Waals surface area (Å²) in [6, 6.07) is 19.1. The van der Waals surface area contributed by atoms with Crippen molar-refractivity contribution in [2.45, 2.75) is 39.0 Å². The van der Waals surface area contributed by atoms with Gasteiger partial charge in [-0.05, 0) is 60.8 Å². The highest BCUT2D eigenvalue weighted by Gasteiger charge is 2.39. The summed E-state index contributed by atoms with van der Waals surface area (Å²) >= 11 is 0. The van der Waals surface area contributed by atoms with Gasteiger partial charge in [0.25, 0.3) is 0 Å². The third-order valence-electron chi connectivity index (χ3n) is 5.32. The summed E-state index contributed by atoms with van der Waals surface area (Å²) in [7, 11) is 0. The fourth-order valence-corrected chi connectivity index (χ4v) is 3.89. The maximum Gasteiger partial charge on any atom is 0.115 e. The molecule has 1 aliphatic heterocycles. The van der Waals surface area contributed by atoms with Crippen LogP contribution < -0.4 is 4.90 Å². The zero-order chi connectivity index (χ0) is 19.4. The molecule has 1 heterocycles. The van der Waals surface area contributed by atoms with Crippen molar-refractivity contribution in [3.05, 3.63) is 101 Å². The van der Waals surface area contributed by atoms with Crippen molar-refractivity contribution in [1.29, 1.82) is 0 Å². The van der Waals surface area contributed by atoms with Crippen molar-refractivity contribution in [1.82, 2.24) is 0 Å². The smallest absolute Gasteiger partial charge is 0.115 e. The average Bonchev–Trinajstić information content (AvgIpc) is 3.00. The van der Waals surface area contributed by atoms with Crippen LogP contribution in [0, 0.1) is 0 Å². The summed E-state index contributed by atoms with van der Waals surface area (Å²) in [6.45, 7) is 9.51. The van der Waals surface area contributed by atoms with E-state index >= 15 is 0 Å². The maximum absolute atomic E-state index is 10.3. The Morgan fingerprint density at radius 1 is 1.07 bits per heavy atom. The highest BCUT2D eigenvalue weighted by Crippen LogP contribution is 2.43. The number of aliphatic hydroxyl groups is 1. The summed E-state index contributed by atoms with van der Waals surface area (Å²) in [5.74, 6) is 0.727. The van der Waals surface area contributed by atoms with Crippen LogP contribution in [0.3, 0.4) is 0 Å². The van der Waals surface area contributed by atoms with E-state index in [1.807, 2.05) is 25.1 Å². The lowest BCUT2D eigenvalue weighted by Crippen LogP contribution is -2.32. The van der Waals surface area contributed by atoms with E-state index in [2.05, 4.69) is 80.4 Å². The molecule has 0 saturated heterocycles. The second kappa shape index (κ2) is 7.87. The predicted octanol–water partition coefficient (Wildman–Crippen LogP) is 6.49. The first-order chi connectivity index (χ1) is 13.0. The molecule has 140 valence electrons. The number of hydrogen-bond acceptors (Lipinski definition) is 2. The number of anilines is 1. The molecule has 0 fully saturated rings. The average molecular weight is 360 g/mol. The molecular weight excluding hydrogens is 330 g/mol. The second-order valence-electron chi connectivity index (χ2n) is 7.69. The van der Waals surface area contributed by atoms with Gasteiger partial charge in [-0.3, -0.25) is 0 Å². The number of para-hydroxylation sites is 1. The fraction of sp³-hybridized carbons (Fsp3) is 0.280. The Bertz CT molecular complexity index is 876. The second-order valence-corrected chi connectivity index (χ2v) is 7.69. The minimum absolute atomic E-state index is 0.202. The van der Waals surface area contributed by atoms with Crippen molar-refractivity contribution in [3.8, 4) is 0 Å². The molecule has 3 rings (SSSR count). The van der Waals surface area contributed by atoms with E-state index in [9.17, 15) is 5.11 Å². The number of aliphatic hydroxyl groups excluding tert-OH is 1. The van der Waals surface area contributed by atoms with Gasteiger partial charge in [-0.25, -0.2) is 0 Å². The van der Waals surface area contributed by atoms with Crippen molar-refractivity contribution >= 4 is 5.69 Å². The van der Waals surface area contributed by atoms with Gasteiger partial charge in [-0.1, -0.05) is 62.4 Å². The Kier molecular flexibility index (Phi) is 5.55. The first kappa shape index (κ1) is 19.0. The van der Waals surface area contributed by atoms with Crippen molar-refractivity contribution in [3.63, 3.8) is 0 Å². The first-order valence-electron chi connectivity index (χ1n) is 9.62. The Hall–Kier alpha value is -2.74. The van der Waals surface area contributed by atoms with Gasteiger partial charge < -0.3 is 10.0 Å². The van der Waals surface area contributed by atoms with E-state index in [4.69, 9.17) is 0 Å². The van der Waals surface area contributed by atoms with E-state index in [0.29, 0.717) is 5.92 Å². The minimum atomic E-state index is -0.202. The molecular formula is C25H29NO. The molecule has 1 N–H and O–H groups in total. The fourth-order valence-electron chi connectivity index (χ4n) is 3.89. The topological polar surface area (TPSA) is 23.5 Å². The van der Waals surface area contributed by atoms with Crippen LogP contribution in [0.5, 0.6) is 0 Å². The lowest BCUT2D eigenvalue weighted by atomic mass is 9.73. The van der Waals surface area contributed by atoms with Gasteiger partial charge in [-0.2, -0.15) is 0 Å². The number of nitrogens with zero attached hydrogens (tertiary/aromatic N) is 1. The van der Waals surface area contributed by atoms with Crippen LogP contribution in [0.15, 0.2) is 90.4 Å². The van der Waals surface area contributed by atoms with E-state index < -0.39 is 0 Å². The minimum Gasteiger partial charge on any atom is -0.508 e. The Labute approximate surface area is 163 Å². The molecule has 27 heavy (non-hydrogen) atoms. The van der Waals surface area contributed by atoms with Gasteiger partial charge in [0.15, 0.2) is 0 Å². The molecule has 1 aliphatic rings. The number of rotatable bonds is 5. The molecule has 1 atom stereocenters. The molecule has 0 radical (unpaired) electrons. The zero-order valence-electron chi connectivity index (χ0n) is 16.7. The quantitative estimate of drug-likeness (QED) is 0.487. The third kappa shape index (κ3) is 3.85. The Balaban J connectivity index is 2.12. The zero-order valence-corrected chi connectivity index (χ0v) is 16.7. The lowest BCUT2D eigenvalue weighted by molar-refractivity contribution is 0.430. The molecule has 2 nitrogen and oxygen atoms in total. The summed E-state index contributed by atoms with van der Waals surface area (Å²) < 4.78 is 0. The highest BCUT2D eigenvalue weighted by atomic mass is 16.3. The molecule has 2 heteroatoms. The van der Waals surface area contributed by atoms with Crippen LogP contribution in [-0.2, 0) is 5.41 Å². The van der Waals surface area contributed by atoms with Gasteiger partial charge in [-0.15, -0.1) is 0 Å². The van der Waals surface area contributed by atoms with E-state index in [0.717, 1.165) is 12.1 Å². The molecule has 0 amide bonds. The molecule has 0 bridgehead atoms. The molecule has 1 unspecified atom stereocenters. The van der Waals surface area contributed by atoms with E-state index in [1.165, 1.54) is 16.8 Å². The molecule has 2 aromatic rings. The SMILES string of the molecule is C/C=C\C(O)=C/C1=CN(c2ccccc2)CC1(C)c1ccccc1C(C)C. The normalized spacial score (nSPS) is 20.6. The highest BCUT2D eigenvalue weighted by molar-refractivity contribution is 5.60. The van der Waals surface area contributed by atoms with Crippen molar-refractivity contribution in [2.75, 3.05) is 11.4 Å². The number of benzene rings is 2. The van der Waals surface area contributed by atoms with Gasteiger partial charge in [0.2, 0.25) is 0 Å². The van der Waals surface area contributed by atoms with Crippen LogP contribution in [-0.4, -0.2) is 11.7 Å². The summed E-state index contributed by atoms with van der Waals surface area (Å²) in [5.41, 5.74) is 4.77. The van der Waals surface area contributed by atoms with E-state index in [-0.39, 0.29) is 11.2 Å². The van der Waals surface area contributed by atoms with Crippen LogP contribution in [0.25, 0.3) is 0 Å². The molecule has 0 saturated carbocycles. The third-order valence-corrected chi connectivity index (χ3v) is 5.32. The van der Waals surface area contributed by atoms with E-state index in [1.54, 1.807) is 6.08 Å². The van der Waals surface area contributed by atoms with Crippen molar-refractivity contribution in [2.24, 2.45) is 0 Å². The van der Waals surface area contributed by atoms with Crippen LogP contribution in [0.2, 0.25) is 0 Å². The van der Waals surface area contributed by atoms with Crippen LogP contribution in [0.4, 0.5) is 5.69 Å². The molecule has 0 aliphatic carbocycles. The predicted molar refractivity (Wildman–Crippen MR) is 115 cm³/mol. The number of allylic oxidation sites excluding steroid dienone is 3. The lowest BCUT2D eigenvalue weighted by Gasteiger charge is -2.32. The Morgan fingerprint density at radius 3 is 2.41 bits per heavy atom. The standard InChI is InChI=1S/C25H29NO/c1-5-11-22(27)16-20-17-26(21-12-7-6-8-13-21)18-25(20,4)24-15-10-9-14-23(24)19(2)3/h5-17,19,27H,18H2,1-4H3/b11-5-,22-16+. The molecule has 0 spiro atoms. The van der Waals surface area contributed by atoms with Gasteiger partial charge >= 0.3 is 0 Å². The first-order valence-corrected chi connectivity index (χ1v) is 9.62. The summed E-state index contributed by atoms with van der Waals surface area (Å²) in [4.78, 5) is 2.28. The summed E-state index contributed by atoms with van der Waals surface area (Å²) in [5, 5.41) is 10.3. The molecule has 0 aromatic heterocycles. The van der Waals surface area contributed by atoms with Gasteiger partial charge in [0.05, 0.1) is 0 Å². The van der Waals surface area contributed by atoms with Gasteiger partial charge in [0.1, 0.15) is 5.76 Å².